The van der Waals surface area contributed by atoms with Gasteiger partial charge in [0, 0.05) is 51.0 Å². The molecule has 486 valence electrons. The summed E-state index contributed by atoms with van der Waals surface area (Å²) in [5.74, 6) is 1.72. The predicted octanol–water partition coefficient (Wildman–Crippen LogP) is 22.5. The third-order valence-electron chi connectivity index (χ3n) is 24.3. The van der Waals surface area contributed by atoms with Gasteiger partial charge in [-0.2, -0.15) is 0 Å². The summed E-state index contributed by atoms with van der Waals surface area (Å²) in [6, 6.07) is 79.3. The van der Waals surface area contributed by atoms with Gasteiger partial charge in [-0.3, -0.25) is 0 Å². The van der Waals surface area contributed by atoms with E-state index in [4.69, 9.17) is 0 Å². The second-order valence-electron chi connectivity index (χ2n) is 31.0. The molecule has 2 aliphatic heterocycles. The van der Waals surface area contributed by atoms with E-state index in [-0.39, 0.29) is 18.8 Å². The number of hydrogen-bond acceptors (Lipinski definition) is 2. The third-order valence-corrected chi connectivity index (χ3v) is 26.4. The maximum atomic E-state index is 3.07. The molecule has 0 amide bonds. The molecule has 18 rings (SSSR count). The van der Waals surface area contributed by atoms with Gasteiger partial charge in [0.15, 0.2) is 0 Å². The molecule has 3 nitrogen and oxygen atoms in total. The fourth-order valence-corrected chi connectivity index (χ4v) is 20.8. The Balaban J connectivity index is 0.967. The summed E-state index contributed by atoms with van der Waals surface area (Å²) >= 11 is 0. The van der Waals surface area contributed by atoms with E-state index in [1.54, 1.807) is 22.3 Å². The highest BCUT2D eigenvalue weighted by atomic mass is 28.3. The molecule has 6 atom stereocenters. The lowest BCUT2D eigenvalue weighted by Crippen LogP contribution is -2.65. The van der Waals surface area contributed by atoms with Crippen LogP contribution in [0.1, 0.15) is 116 Å². The van der Waals surface area contributed by atoms with Gasteiger partial charge in [-0.25, -0.2) is 0 Å². The van der Waals surface area contributed by atoms with Gasteiger partial charge in [-0.15, -0.1) is 0 Å². The molecule has 9 aromatic carbocycles. The first-order valence-electron chi connectivity index (χ1n) is 37.8. The lowest BCUT2D eigenvalue weighted by Gasteiger charge is -2.53. The van der Waals surface area contributed by atoms with E-state index in [1.807, 2.05) is 0 Å². The topological polar surface area (TPSA) is 11.4 Å². The van der Waals surface area contributed by atoms with Crippen LogP contribution in [0.4, 0.5) is 22.7 Å². The highest BCUT2D eigenvalue weighted by Gasteiger charge is 2.51. The second-order valence-corrected chi connectivity index (χ2v) is 36.1. The van der Waals surface area contributed by atoms with Gasteiger partial charge >= 0.3 is 0 Å². The van der Waals surface area contributed by atoms with Crippen LogP contribution in [0.5, 0.6) is 0 Å². The Hall–Kier alpha value is -8.90. The van der Waals surface area contributed by atoms with E-state index >= 15 is 0 Å². The van der Waals surface area contributed by atoms with Gasteiger partial charge in [0.2, 0.25) is 0 Å². The minimum Gasteiger partial charge on any atom is -0.334 e. The summed E-state index contributed by atoms with van der Waals surface area (Å²) in [5.41, 5.74) is 30.6. The largest absolute Gasteiger partial charge is 0.334 e. The van der Waals surface area contributed by atoms with Gasteiger partial charge in [0.25, 0.3) is 6.71 Å². The van der Waals surface area contributed by atoms with Crippen molar-refractivity contribution in [2.45, 2.75) is 147 Å². The monoisotopic (exact) mass is 1290 g/mol. The average molecular weight is 1290 g/mol. The zero-order chi connectivity index (χ0) is 65.4. The van der Waals surface area contributed by atoms with Gasteiger partial charge in [0.1, 0.15) is 0 Å². The fraction of sp³-hybridized carbons (Fsp3) is 0.290. The number of anilines is 4. The van der Waals surface area contributed by atoms with Crippen molar-refractivity contribution >= 4 is 80.9 Å². The molecule has 3 heterocycles. The van der Waals surface area contributed by atoms with Crippen LogP contribution in [0.2, 0.25) is 19.6 Å². The Labute approximate surface area is 583 Å². The maximum Gasteiger partial charge on any atom is 0.252 e. The molecule has 8 aliphatic rings. The van der Waals surface area contributed by atoms with Crippen LogP contribution >= 0.6 is 0 Å². The Morgan fingerprint density at radius 2 is 0.847 bits per heavy atom. The molecular weight excluding hydrogens is 1200 g/mol. The van der Waals surface area contributed by atoms with Gasteiger partial charge in [0.05, 0.1) is 31.2 Å². The van der Waals surface area contributed by atoms with E-state index in [0.717, 1.165) is 38.5 Å². The average Bonchev–Trinajstić information content (AvgIpc) is 0.810. The number of fused-ring (bicyclic) bond motifs is 7. The Morgan fingerprint density at radius 3 is 1.37 bits per heavy atom. The molecule has 6 unspecified atom stereocenters. The van der Waals surface area contributed by atoms with Crippen molar-refractivity contribution in [2.24, 2.45) is 23.7 Å². The van der Waals surface area contributed by atoms with Crippen molar-refractivity contribution < 1.29 is 0 Å². The van der Waals surface area contributed by atoms with Crippen LogP contribution in [-0.4, -0.2) is 31.4 Å². The number of allylic oxidation sites excluding steroid dienone is 8. The zero-order valence-corrected chi connectivity index (χ0v) is 58.8. The van der Waals surface area contributed by atoms with Gasteiger partial charge in [-0.1, -0.05) is 224 Å². The second kappa shape index (κ2) is 25.8. The SMILES string of the molecule is C[Si](C)(C)c1cccc(-c2cc3c4c(c2)N(C2C(C5CC=CCC5)=CCCC2C2=CCCCC2)c2cc(-n5c6ccccc6c6ccccc65)ccc2B4c2ccc(-c4cc(-c5ccccc5)cc(-c5ccccc5)c4)cc2N3C2C(C3CC=CCC3)=CCCC2C2=CCCCC2)c1. The Morgan fingerprint density at radius 1 is 0.367 bits per heavy atom. The lowest BCUT2D eigenvalue weighted by molar-refractivity contribution is 0.391. The number of nitrogens with zero attached hydrogens (tertiary/aromatic N) is 3. The Bertz CT molecular complexity index is 4820. The van der Waals surface area contributed by atoms with Crippen molar-refractivity contribution in [1.82, 2.24) is 4.57 Å². The molecule has 5 heteroatoms. The summed E-state index contributed by atoms with van der Waals surface area (Å²) in [6.07, 6.45) is 42.4. The quantitative estimate of drug-likeness (QED) is 0.0892. The van der Waals surface area contributed by atoms with E-state index in [2.05, 4.69) is 283 Å². The normalized spacial score (nSPS) is 22.2. The highest BCUT2D eigenvalue weighted by molar-refractivity contribution is 7.00. The molecule has 0 radical (unpaired) electrons. The van der Waals surface area contributed by atoms with Crippen LogP contribution in [0.15, 0.2) is 271 Å². The molecule has 0 spiro atoms. The molecule has 0 saturated carbocycles. The van der Waals surface area contributed by atoms with Gasteiger partial charge in [-0.05, 0) is 260 Å². The van der Waals surface area contributed by atoms with E-state index in [0.29, 0.717) is 23.7 Å². The molecule has 1 aromatic heterocycles. The van der Waals surface area contributed by atoms with Crippen molar-refractivity contribution in [3.63, 3.8) is 0 Å². The van der Waals surface area contributed by atoms with Crippen molar-refractivity contribution in [2.75, 3.05) is 9.80 Å². The molecule has 0 fully saturated rings. The first kappa shape index (κ1) is 61.4. The number of para-hydroxylation sites is 2. The standard InChI is InChI=1S/C93H92BN3Si/c1-98(2,3)76-42-26-41-69(58-76)74-60-89-91-90(61-74)97(93-79(67-37-18-8-19-38-67)47-28-48-80(93)68-39-20-9-21-40-68)88-62-75(95-85-49-24-22-43-81(85)82-44-23-25-50-86(82)95)52-54-84(88)94(91)83-53-51-70(73-56-71(63-29-10-4-11-30-63)55-72(57-73)64-31-12-5-13-32-64)59-87(83)96(89)92-77(65-33-14-6-15-34-65)45-27-46-78(92)66-35-16-7-17-36-66/h4-6,8,10-14,18,22-26,29-32,35,39,41-45,47,49-62,65,67,78,80,92-93H,7,9,15-17,19-21,27-28,33-34,36-38,40,46,48H2,1-3H3. The molecule has 6 aliphatic carbocycles. The molecular formula is C93H92BN3Si. The van der Waals surface area contributed by atoms with Crippen LogP contribution in [0, 0.1) is 23.7 Å². The number of aromatic nitrogens is 1. The first-order valence-corrected chi connectivity index (χ1v) is 41.3. The smallest absolute Gasteiger partial charge is 0.252 e. The van der Waals surface area contributed by atoms with Crippen LogP contribution in [-0.2, 0) is 0 Å². The summed E-state index contributed by atoms with van der Waals surface area (Å²) in [7, 11) is -1.76. The highest BCUT2D eigenvalue weighted by Crippen LogP contribution is 2.54. The maximum absolute atomic E-state index is 3.07. The minimum atomic E-state index is -1.76. The Kier molecular flexibility index (Phi) is 16.1. The lowest BCUT2D eigenvalue weighted by atomic mass is 9.33. The summed E-state index contributed by atoms with van der Waals surface area (Å²) in [6.45, 7) is 7.55. The summed E-state index contributed by atoms with van der Waals surface area (Å²) in [5, 5.41) is 4.11. The van der Waals surface area contributed by atoms with E-state index < -0.39 is 8.07 Å². The summed E-state index contributed by atoms with van der Waals surface area (Å²) < 4.78 is 2.60. The molecule has 0 bridgehead atoms. The van der Waals surface area contributed by atoms with Crippen molar-refractivity contribution in [1.29, 1.82) is 0 Å². The van der Waals surface area contributed by atoms with Crippen molar-refractivity contribution in [3.05, 3.63) is 271 Å². The summed E-state index contributed by atoms with van der Waals surface area (Å²) in [4.78, 5) is 6.14. The number of rotatable bonds is 12. The van der Waals surface area contributed by atoms with Gasteiger partial charge < -0.3 is 14.4 Å². The van der Waals surface area contributed by atoms with Crippen molar-refractivity contribution in [3.8, 4) is 50.2 Å². The van der Waals surface area contributed by atoms with Crippen LogP contribution in [0.3, 0.4) is 0 Å². The van der Waals surface area contributed by atoms with Crippen LogP contribution in [0.25, 0.3) is 72.0 Å². The molecule has 98 heavy (non-hydrogen) atoms. The first-order chi connectivity index (χ1) is 48.3. The number of hydrogen-bond donors (Lipinski definition) is 0. The third kappa shape index (κ3) is 10.9. The van der Waals surface area contributed by atoms with E-state index in [9.17, 15) is 0 Å². The predicted molar refractivity (Wildman–Crippen MR) is 423 cm³/mol. The fourth-order valence-electron chi connectivity index (χ4n) is 19.6. The minimum absolute atomic E-state index is 0.0430. The molecule has 0 N–H and O–H groups in total. The molecule has 10 aromatic rings. The van der Waals surface area contributed by atoms with Crippen LogP contribution < -0.4 is 31.4 Å². The van der Waals surface area contributed by atoms with E-state index in [1.165, 1.54) is 193 Å². The number of benzene rings is 9. The molecule has 0 saturated heterocycles. The zero-order valence-electron chi connectivity index (χ0n) is 57.8.